The fourth-order valence-electron chi connectivity index (χ4n) is 0.895. The molecule has 0 heterocycles. The Morgan fingerprint density at radius 2 is 1.58 bits per heavy atom. The Morgan fingerprint density at radius 1 is 1.08 bits per heavy atom. The number of nitrogen functional groups attached to an aromatic ring is 1. The molecule has 0 saturated heterocycles. The lowest BCUT2D eigenvalue weighted by Gasteiger charge is -2.13. The van der Waals surface area contributed by atoms with Crippen molar-refractivity contribution in [2.75, 3.05) is 24.7 Å². The van der Waals surface area contributed by atoms with Gasteiger partial charge in [0.1, 0.15) is 0 Å². The van der Waals surface area contributed by atoms with Crippen molar-refractivity contribution in [3.05, 3.63) is 24.3 Å². The van der Waals surface area contributed by atoms with Crippen LogP contribution in [0.3, 0.4) is 0 Å². The summed E-state index contributed by atoms with van der Waals surface area (Å²) in [6.45, 7) is 0. The number of para-hydroxylation sites is 2. The van der Waals surface area contributed by atoms with E-state index in [2.05, 4.69) is 0 Å². The molecule has 0 spiro atoms. The monoisotopic (exact) mass is 208 g/mol. The molecule has 0 aliphatic carbocycles. The van der Waals surface area contributed by atoms with E-state index in [0.717, 1.165) is 11.4 Å². The maximum Gasteiger partial charge on any atom is 0.0594 e. The van der Waals surface area contributed by atoms with Gasteiger partial charge < -0.3 is 10.6 Å². The molecule has 2 N–H and O–H groups in total. The summed E-state index contributed by atoms with van der Waals surface area (Å²) in [5.41, 5.74) is 7.58. The summed E-state index contributed by atoms with van der Waals surface area (Å²) in [6.07, 6.45) is 0. The highest BCUT2D eigenvalue weighted by molar-refractivity contribution is 5.85. The predicted octanol–water partition coefficient (Wildman–Crippen LogP) is 2.18. The molecule has 0 radical (unpaired) electrons. The summed E-state index contributed by atoms with van der Waals surface area (Å²) in [5, 5.41) is 0. The van der Waals surface area contributed by atoms with Crippen LogP contribution in [0.1, 0.15) is 0 Å². The predicted molar refractivity (Wildman–Crippen MR) is 59.7 cm³/mol. The number of hydrogen-bond donors (Lipinski definition) is 1. The topological polar surface area (TPSA) is 29.3 Å². The van der Waals surface area contributed by atoms with E-state index in [1.807, 2.05) is 43.3 Å². The van der Waals surface area contributed by atoms with E-state index in [1.54, 1.807) is 0 Å². The lowest BCUT2D eigenvalue weighted by molar-refractivity contribution is 1.13. The minimum absolute atomic E-state index is 0. The van der Waals surface area contributed by atoms with Crippen molar-refractivity contribution >= 4 is 36.2 Å². The van der Waals surface area contributed by atoms with Gasteiger partial charge in [-0.05, 0) is 12.1 Å². The van der Waals surface area contributed by atoms with Crippen LogP contribution >= 0.6 is 24.8 Å². The van der Waals surface area contributed by atoms with E-state index in [1.165, 1.54) is 0 Å². The van der Waals surface area contributed by atoms with E-state index in [4.69, 9.17) is 5.73 Å². The molecule has 2 nitrogen and oxygen atoms in total. The average Bonchev–Trinajstić information content (AvgIpc) is 1.88. The SMILES string of the molecule is CN(C)c1ccccc1N.Cl.Cl. The number of rotatable bonds is 1. The number of nitrogens with two attached hydrogens (primary N) is 1. The third kappa shape index (κ3) is 3.20. The van der Waals surface area contributed by atoms with Crippen LogP contribution in [-0.4, -0.2) is 14.1 Å². The smallest absolute Gasteiger partial charge is 0.0594 e. The Labute approximate surface area is 85.6 Å². The molecule has 12 heavy (non-hydrogen) atoms. The second-order valence-corrected chi connectivity index (χ2v) is 2.45. The molecule has 70 valence electrons. The van der Waals surface area contributed by atoms with Crippen molar-refractivity contribution in [3.63, 3.8) is 0 Å². The van der Waals surface area contributed by atoms with Gasteiger partial charge >= 0.3 is 0 Å². The highest BCUT2D eigenvalue weighted by Crippen LogP contribution is 2.18. The van der Waals surface area contributed by atoms with Crippen molar-refractivity contribution in [2.45, 2.75) is 0 Å². The average molecular weight is 209 g/mol. The molecule has 4 heteroatoms. The minimum atomic E-state index is 0. The lowest BCUT2D eigenvalue weighted by Crippen LogP contribution is -2.10. The zero-order valence-electron chi connectivity index (χ0n) is 7.15. The number of nitrogens with zero attached hydrogens (tertiary/aromatic N) is 1. The maximum absolute atomic E-state index is 5.68. The van der Waals surface area contributed by atoms with Crippen LogP contribution in [0.2, 0.25) is 0 Å². The largest absolute Gasteiger partial charge is 0.397 e. The first-order valence-electron chi connectivity index (χ1n) is 3.23. The van der Waals surface area contributed by atoms with Crippen LogP contribution in [0.25, 0.3) is 0 Å². The summed E-state index contributed by atoms with van der Waals surface area (Å²) in [7, 11) is 3.96. The molecule has 0 aliphatic rings. The van der Waals surface area contributed by atoms with Crippen LogP contribution < -0.4 is 10.6 Å². The van der Waals surface area contributed by atoms with Gasteiger partial charge in [-0.15, -0.1) is 24.8 Å². The molecule has 1 aromatic rings. The van der Waals surface area contributed by atoms with Gasteiger partial charge in [0, 0.05) is 14.1 Å². The fraction of sp³-hybridized carbons (Fsp3) is 0.250. The first-order chi connectivity index (χ1) is 4.72. The molecule has 1 rings (SSSR count). The van der Waals surface area contributed by atoms with Gasteiger partial charge in [0.25, 0.3) is 0 Å². The number of anilines is 2. The highest BCUT2D eigenvalue weighted by atomic mass is 35.5. The molecular formula is C8H14Cl2N2. The first-order valence-corrected chi connectivity index (χ1v) is 3.23. The number of halogens is 2. The number of benzene rings is 1. The van der Waals surface area contributed by atoms with Gasteiger partial charge in [-0.25, -0.2) is 0 Å². The van der Waals surface area contributed by atoms with Gasteiger partial charge in [-0.3, -0.25) is 0 Å². The van der Waals surface area contributed by atoms with Crippen LogP contribution in [0.4, 0.5) is 11.4 Å². The van der Waals surface area contributed by atoms with Gasteiger partial charge in [0.15, 0.2) is 0 Å². The summed E-state index contributed by atoms with van der Waals surface area (Å²) in [6, 6.07) is 7.80. The molecule has 0 unspecified atom stereocenters. The van der Waals surface area contributed by atoms with Crippen molar-refractivity contribution in [2.24, 2.45) is 0 Å². The maximum atomic E-state index is 5.68. The van der Waals surface area contributed by atoms with Crippen molar-refractivity contribution in [1.29, 1.82) is 0 Å². The molecule has 0 aliphatic heterocycles. The normalized spacial score (nSPS) is 7.83. The third-order valence-electron chi connectivity index (χ3n) is 1.42. The van der Waals surface area contributed by atoms with Gasteiger partial charge in [-0.1, -0.05) is 12.1 Å². The fourth-order valence-corrected chi connectivity index (χ4v) is 0.895. The van der Waals surface area contributed by atoms with E-state index < -0.39 is 0 Å². The van der Waals surface area contributed by atoms with Crippen LogP contribution in [0, 0.1) is 0 Å². The summed E-state index contributed by atoms with van der Waals surface area (Å²) in [4.78, 5) is 2.00. The van der Waals surface area contributed by atoms with Crippen LogP contribution in [0.5, 0.6) is 0 Å². The second kappa shape index (κ2) is 5.98. The molecule has 0 bridgehead atoms. The van der Waals surface area contributed by atoms with E-state index in [0.29, 0.717) is 0 Å². The Kier molecular flexibility index (Phi) is 6.95. The molecule has 0 fully saturated rings. The third-order valence-corrected chi connectivity index (χ3v) is 1.42. The van der Waals surface area contributed by atoms with Gasteiger partial charge in [0.2, 0.25) is 0 Å². The second-order valence-electron chi connectivity index (χ2n) is 2.45. The highest BCUT2D eigenvalue weighted by Gasteiger charge is 1.96. The van der Waals surface area contributed by atoms with E-state index in [9.17, 15) is 0 Å². The van der Waals surface area contributed by atoms with Crippen LogP contribution in [0.15, 0.2) is 24.3 Å². The Morgan fingerprint density at radius 3 is 1.92 bits per heavy atom. The van der Waals surface area contributed by atoms with Crippen molar-refractivity contribution < 1.29 is 0 Å². The zero-order valence-corrected chi connectivity index (χ0v) is 8.78. The summed E-state index contributed by atoms with van der Waals surface area (Å²) in [5.74, 6) is 0. The summed E-state index contributed by atoms with van der Waals surface area (Å²) < 4.78 is 0. The van der Waals surface area contributed by atoms with Crippen molar-refractivity contribution in [1.82, 2.24) is 0 Å². The molecule has 0 saturated carbocycles. The molecule has 0 aromatic heterocycles. The Bertz CT molecular complexity index is 226. The quantitative estimate of drug-likeness (QED) is 0.718. The Balaban J connectivity index is 0. The molecule has 0 amide bonds. The van der Waals surface area contributed by atoms with E-state index in [-0.39, 0.29) is 24.8 Å². The minimum Gasteiger partial charge on any atom is -0.397 e. The molecular weight excluding hydrogens is 195 g/mol. The molecule has 1 aromatic carbocycles. The number of hydrogen-bond acceptors (Lipinski definition) is 2. The standard InChI is InChI=1S/C8H12N2.2ClH/c1-10(2)8-6-4-3-5-7(8)9;;/h3-6H,9H2,1-2H3;2*1H. The van der Waals surface area contributed by atoms with Gasteiger partial charge in [0.05, 0.1) is 11.4 Å². The lowest BCUT2D eigenvalue weighted by atomic mass is 10.2. The first kappa shape index (κ1) is 14.0. The Hall–Kier alpha value is -0.600. The van der Waals surface area contributed by atoms with Crippen LogP contribution in [-0.2, 0) is 0 Å². The summed E-state index contributed by atoms with van der Waals surface area (Å²) >= 11 is 0. The zero-order chi connectivity index (χ0) is 7.56. The van der Waals surface area contributed by atoms with Gasteiger partial charge in [-0.2, -0.15) is 0 Å². The van der Waals surface area contributed by atoms with E-state index >= 15 is 0 Å². The van der Waals surface area contributed by atoms with Crippen molar-refractivity contribution in [3.8, 4) is 0 Å². The molecule has 0 atom stereocenters.